The largest absolute Gasteiger partial charge is 0.283 e. The average molecular weight is 400 g/mol. The summed E-state index contributed by atoms with van der Waals surface area (Å²) in [5.74, 6) is 0. The Morgan fingerprint density at radius 2 is 2.00 bits per heavy atom. The Hall–Kier alpha value is -2.97. The van der Waals surface area contributed by atoms with Crippen molar-refractivity contribution in [3.8, 4) is 0 Å². The van der Waals surface area contributed by atoms with Crippen molar-refractivity contribution >= 4 is 41.0 Å². The number of rotatable bonds is 6. The smallest absolute Gasteiger partial charge is 0.278 e. The highest BCUT2D eigenvalue weighted by Gasteiger charge is 2.16. The van der Waals surface area contributed by atoms with Gasteiger partial charge >= 0.3 is 0 Å². The zero-order chi connectivity index (χ0) is 19.2. The number of nitrogens with zero attached hydrogens (tertiary/aromatic N) is 4. The van der Waals surface area contributed by atoms with Crippen LogP contribution >= 0.6 is 23.4 Å². The molecular weight excluding hydrogens is 386 g/mol. The summed E-state index contributed by atoms with van der Waals surface area (Å²) >= 11 is 7.21. The highest BCUT2D eigenvalue weighted by molar-refractivity contribution is 7.99. The number of nitro groups is 1. The van der Waals surface area contributed by atoms with E-state index in [0.717, 1.165) is 23.0 Å². The molecule has 0 amide bonds. The van der Waals surface area contributed by atoms with E-state index in [-0.39, 0.29) is 5.69 Å². The third-order valence-electron chi connectivity index (χ3n) is 3.50. The molecule has 9 heteroatoms. The average Bonchev–Trinajstić information content (AvgIpc) is 2.66. The highest BCUT2D eigenvalue weighted by atomic mass is 35.5. The van der Waals surface area contributed by atoms with Crippen LogP contribution in [0.5, 0.6) is 0 Å². The summed E-state index contributed by atoms with van der Waals surface area (Å²) in [6.45, 7) is 1.91. The molecule has 0 aliphatic carbocycles. The highest BCUT2D eigenvalue weighted by Crippen LogP contribution is 2.33. The summed E-state index contributed by atoms with van der Waals surface area (Å²) in [6.07, 6.45) is 4.69. The molecule has 0 bridgehead atoms. The second-order valence-electron chi connectivity index (χ2n) is 5.45. The van der Waals surface area contributed by atoms with Crippen LogP contribution in [0.1, 0.15) is 11.1 Å². The molecule has 0 saturated heterocycles. The van der Waals surface area contributed by atoms with Crippen molar-refractivity contribution in [2.75, 3.05) is 5.43 Å². The molecule has 0 aliphatic heterocycles. The molecule has 0 fully saturated rings. The number of aryl methyl sites for hydroxylation is 1. The molecular formula is C18H14ClN5O2S. The lowest BCUT2D eigenvalue weighted by Crippen LogP contribution is -1.95. The second-order valence-corrected chi connectivity index (χ2v) is 6.87. The van der Waals surface area contributed by atoms with Gasteiger partial charge in [0.05, 0.1) is 21.7 Å². The predicted octanol–water partition coefficient (Wildman–Crippen LogP) is 4.94. The first-order valence-corrected chi connectivity index (χ1v) is 9.01. The van der Waals surface area contributed by atoms with Crippen molar-refractivity contribution in [2.24, 2.45) is 5.10 Å². The maximum atomic E-state index is 11.4. The van der Waals surface area contributed by atoms with Gasteiger partial charge in [-0.2, -0.15) is 5.10 Å². The molecule has 0 aliphatic rings. The van der Waals surface area contributed by atoms with Gasteiger partial charge in [0.1, 0.15) is 0 Å². The van der Waals surface area contributed by atoms with E-state index in [2.05, 4.69) is 20.5 Å². The molecule has 0 unspecified atom stereocenters. The first kappa shape index (κ1) is 18.8. The summed E-state index contributed by atoms with van der Waals surface area (Å²) in [7, 11) is 0. The Morgan fingerprint density at radius 3 is 2.70 bits per heavy atom. The summed E-state index contributed by atoms with van der Waals surface area (Å²) in [5, 5.41) is 16.6. The molecule has 0 radical (unpaired) electrons. The molecule has 3 aromatic rings. The topological polar surface area (TPSA) is 93.3 Å². The van der Waals surface area contributed by atoms with Gasteiger partial charge in [0.15, 0.2) is 5.16 Å². The first-order chi connectivity index (χ1) is 13.0. The van der Waals surface area contributed by atoms with E-state index in [0.29, 0.717) is 20.6 Å². The minimum Gasteiger partial charge on any atom is -0.278 e. The van der Waals surface area contributed by atoms with Crippen LogP contribution in [0.4, 0.5) is 11.4 Å². The van der Waals surface area contributed by atoms with Gasteiger partial charge in [0.2, 0.25) is 0 Å². The van der Waals surface area contributed by atoms with E-state index in [4.69, 9.17) is 11.6 Å². The fraction of sp³-hybridized carbons (Fsp3) is 0.0556. The molecule has 1 N–H and O–H groups in total. The minimum absolute atomic E-state index is 0.0326. The lowest BCUT2D eigenvalue weighted by Gasteiger charge is -2.04. The van der Waals surface area contributed by atoms with Crippen LogP contribution in [-0.4, -0.2) is 21.1 Å². The van der Waals surface area contributed by atoms with Gasteiger partial charge in [-0.25, -0.2) is 9.97 Å². The Labute approximate surface area is 164 Å². The fourth-order valence-corrected chi connectivity index (χ4v) is 3.10. The number of nitrogens with one attached hydrogen (secondary N) is 1. The van der Waals surface area contributed by atoms with Gasteiger partial charge in [-0.05, 0) is 48.5 Å². The van der Waals surface area contributed by atoms with Crippen LogP contribution in [0.2, 0.25) is 5.02 Å². The van der Waals surface area contributed by atoms with E-state index < -0.39 is 4.92 Å². The standard InChI is InChI=1S/C18H14ClN5O2S/c1-12-3-5-14(10-15(12)19)23-22-11-13-4-6-17(16(9-13)24(25)26)27-18-20-7-2-8-21-18/h2-11,23H,1H3/b22-11-. The van der Waals surface area contributed by atoms with Crippen molar-refractivity contribution in [2.45, 2.75) is 17.0 Å². The summed E-state index contributed by atoms with van der Waals surface area (Å²) < 4.78 is 0. The predicted molar refractivity (Wildman–Crippen MR) is 107 cm³/mol. The van der Waals surface area contributed by atoms with Crippen molar-refractivity contribution in [1.29, 1.82) is 0 Å². The number of anilines is 1. The molecule has 7 nitrogen and oxygen atoms in total. The fourth-order valence-electron chi connectivity index (χ4n) is 2.12. The lowest BCUT2D eigenvalue weighted by atomic mass is 10.2. The van der Waals surface area contributed by atoms with Gasteiger partial charge in [0.25, 0.3) is 5.69 Å². The SMILES string of the molecule is Cc1ccc(N/N=C\c2ccc(Sc3ncccn3)c([N+](=O)[O-])c2)cc1Cl. The molecule has 0 spiro atoms. The summed E-state index contributed by atoms with van der Waals surface area (Å²) in [4.78, 5) is 19.6. The molecule has 0 atom stereocenters. The van der Waals surface area contributed by atoms with Crippen LogP contribution in [0.25, 0.3) is 0 Å². The third kappa shape index (κ3) is 5.02. The molecule has 2 aromatic carbocycles. The summed E-state index contributed by atoms with van der Waals surface area (Å²) in [6, 6.07) is 12.0. The van der Waals surface area contributed by atoms with Crippen LogP contribution in [0.3, 0.4) is 0 Å². The van der Waals surface area contributed by atoms with Crippen molar-refractivity contribution in [3.05, 3.63) is 81.1 Å². The van der Waals surface area contributed by atoms with Gasteiger partial charge in [-0.1, -0.05) is 23.7 Å². The molecule has 3 rings (SSSR count). The Balaban J connectivity index is 1.77. The van der Waals surface area contributed by atoms with Gasteiger partial charge in [0, 0.05) is 29.0 Å². The molecule has 136 valence electrons. The van der Waals surface area contributed by atoms with E-state index in [9.17, 15) is 10.1 Å². The summed E-state index contributed by atoms with van der Waals surface area (Å²) in [5.41, 5.74) is 5.11. The van der Waals surface area contributed by atoms with E-state index >= 15 is 0 Å². The van der Waals surface area contributed by atoms with E-state index in [1.54, 1.807) is 36.7 Å². The quantitative estimate of drug-likeness (QED) is 0.273. The maximum Gasteiger partial charge on any atom is 0.283 e. The number of halogens is 1. The molecule has 1 heterocycles. The minimum atomic E-state index is -0.435. The van der Waals surface area contributed by atoms with Crippen molar-refractivity contribution < 1.29 is 4.92 Å². The Kier molecular flexibility index (Phi) is 6.00. The number of aromatic nitrogens is 2. The van der Waals surface area contributed by atoms with Gasteiger partial charge < -0.3 is 0 Å². The zero-order valence-electron chi connectivity index (χ0n) is 14.2. The number of hydrogen-bond donors (Lipinski definition) is 1. The Bertz CT molecular complexity index is 998. The third-order valence-corrected chi connectivity index (χ3v) is 4.87. The molecule has 0 saturated carbocycles. The van der Waals surface area contributed by atoms with Crippen molar-refractivity contribution in [1.82, 2.24) is 9.97 Å². The first-order valence-electron chi connectivity index (χ1n) is 7.81. The van der Waals surface area contributed by atoms with Gasteiger partial charge in [-0.15, -0.1) is 0 Å². The van der Waals surface area contributed by atoms with Crippen molar-refractivity contribution in [3.63, 3.8) is 0 Å². The number of hydrazone groups is 1. The van der Waals surface area contributed by atoms with Gasteiger partial charge in [-0.3, -0.25) is 15.5 Å². The Morgan fingerprint density at radius 1 is 1.22 bits per heavy atom. The van der Waals surface area contributed by atoms with E-state index in [1.807, 2.05) is 19.1 Å². The van der Waals surface area contributed by atoms with Crippen LogP contribution in [0, 0.1) is 17.0 Å². The van der Waals surface area contributed by atoms with Crippen LogP contribution < -0.4 is 5.43 Å². The normalized spacial score (nSPS) is 10.9. The number of hydrogen-bond acceptors (Lipinski definition) is 7. The number of benzene rings is 2. The monoisotopic (exact) mass is 399 g/mol. The number of nitro benzene ring substituents is 1. The van der Waals surface area contributed by atoms with Crippen LogP contribution in [0.15, 0.2) is 70.0 Å². The second kappa shape index (κ2) is 8.61. The van der Waals surface area contributed by atoms with E-state index in [1.165, 1.54) is 12.3 Å². The maximum absolute atomic E-state index is 11.4. The molecule has 27 heavy (non-hydrogen) atoms. The molecule has 1 aromatic heterocycles. The lowest BCUT2D eigenvalue weighted by molar-refractivity contribution is -0.387. The van der Waals surface area contributed by atoms with Crippen LogP contribution in [-0.2, 0) is 0 Å². The zero-order valence-corrected chi connectivity index (χ0v) is 15.7.